The van der Waals surface area contributed by atoms with Gasteiger partial charge in [0, 0.05) is 24.4 Å². The lowest BCUT2D eigenvalue weighted by Gasteiger charge is -2.09. The molecule has 6 nitrogen and oxygen atoms in total. The number of rotatable bonds is 7. The predicted octanol–water partition coefficient (Wildman–Crippen LogP) is 2.67. The zero-order valence-electron chi connectivity index (χ0n) is 12.9. The molecule has 0 aliphatic rings. The van der Waals surface area contributed by atoms with Crippen LogP contribution in [0.1, 0.15) is 11.1 Å². The number of aryl methyl sites for hydroxylation is 1. The first kappa shape index (κ1) is 16.5. The molecule has 0 bridgehead atoms. The van der Waals surface area contributed by atoms with Crippen LogP contribution in [0.5, 0.6) is 0 Å². The van der Waals surface area contributed by atoms with Crippen LogP contribution in [0.4, 0.5) is 11.4 Å². The number of nitro groups is 1. The lowest BCUT2D eigenvalue weighted by Crippen LogP contribution is -2.31. The number of nitrogens with one attached hydrogen (secondary N) is 2. The molecular weight excluding hydrogens is 294 g/mol. The van der Waals surface area contributed by atoms with E-state index in [1.165, 1.54) is 23.3 Å². The summed E-state index contributed by atoms with van der Waals surface area (Å²) in [6.07, 6.45) is 0.773. The van der Waals surface area contributed by atoms with E-state index in [2.05, 4.69) is 10.6 Å². The molecule has 2 aromatic rings. The van der Waals surface area contributed by atoms with E-state index in [1.54, 1.807) is 12.1 Å². The Labute approximate surface area is 134 Å². The van der Waals surface area contributed by atoms with Gasteiger partial charge < -0.3 is 10.6 Å². The van der Waals surface area contributed by atoms with Gasteiger partial charge in [0.2, 0.25) is 5.91 Å². The Balaban J connectivity index is 1.76. The first-order valence-electron chi connectivity index (χ1n) is 7.36. The van der Waals surface area contributed by atoms with Gasteiger partial charge in [-0.1, -0.05) is 30.3 Å². The topological polar surface area (TPSA) is 84.3 Å². The largest absolute Gasteiger partial charge is 0.376 e. The number of nitrogens with zero attached hydrogens (tertiary/aromatic N) is 1. The zero-order valence-corrected chi connectivity index (χ0v) is 12.9. The van der Waals surface area contributed by atoms with Crippen LogP contribution in [0.3, 0.4) is 0 Å². The van der Waals surface area contributed by atoms with Crippen LogP contribution < -0.4 is 10.6 Å². The van der Waals surface area contributed by atoms with Gasteiger partial charge in [-0.25, -0.2) is 0 Å². The van der Waals surface area contributed by atoms with Gasteiger partial charge in [-0.15, -0.1) is 0 Å². The quantitative estimate of drug-likeness (QED) is 0.608. The lowest BCUT2D eigenvalue weighted by molar-refractivity contribution is -0.384. The van der Waals surface area contributed by atoms with Gasteiger partial charge >= 0.3 is 0 Å². The number of hydrogen-bond acceptors (Lipinski definition) is 4. The number of nitro benzene ring substituents is 1. The third kappa shape index (κ3) is 5.10. The maximum absolute atomic E-state index is 11.8. The molecule has 6 heteroatoms. The van der Waals surface area contributed by atoms with Crippen LogP contribution in [-0.2, 0) is 11.2 Å². The molecule has 0 aliphatic carbocycles. The number of hydrogen-bond donors (Lipinski definition) is 2. The molecule has 0 aromatic heterocycles. The Kier molecular flexibility index (Phi) is 5.68. The number of benzene rings is 2. The maximum Gasteiger partial charge on any atom is 0.271 e. The van der Waals surface area contributed by atoms with E-state index in [1.807, 2.05) is 31.2 Å². The third-order valence-corrected chi connectivity index (χ3v) is 3.49. The van der Waals surface area contributed by atoms with E-state index in [0.29, 0.717) is 12.2 Å². The molecule has 1 amide bonds. The zero-order chi connectivity index (χ0) is 16.7. The summed E-state index contributed by atoms with van der Waals surface area (Å²) in [5.74, 6) is -0.148. The number of anilines is 1. The monoisotopic (exact) mass is 313 g/mol. The molecule has 0 heterocycles. The molecule has 2 rings (SSSR count). The normalized spacial score (nSPS) is 10.1. The van der Waals surface area contributed by atoms with Crippen LogP contribution in [0, 0.1) is 17.0 Å². The van der Waals surface area contributed by atoms with Gasteiger partial charge in [0.1, 0.15) is 0 Å². The summed E-state index contributed by atoms with van der Waals surface area (Å²) >= 11 is 0. The minimum Gasteiger partial charge on any atom is -0.376 e. The van der Waals surface area contributed by atoms with E-state index in [-0.39, 0.29) is 18.1 Å². The van der Waals surface area contributed by atoms with Crippen molar-refractivity contribution in [2.75, 3.05) is 18.4 Å². The fourth-order valence-corrected chi connectivity index (χ4v) is 2.20. The van der Waals surface area contributed by atoms with Crippen molar-refractivity contribution in [3.8, 4) is 0 Å². The Morgan fingerprint density at radius 3 is 2.70 bits per heavy atom. The van der Waals surface area contributed by atoms with Gasteiger partial charge in [0.25, 0.3) is 5.69 Å². The minimum atomic E-state index is -0.465. The van der Waals surface area contributed by atoms with Crippen molar-refractivity contribution in [2.24, 2.45) is 0 Å². The van der Waals surface area contributed by atoms with Gasteiger partial charge in [0.05, 0.1) is 11.5 Å². The van der Waals surface area contributed by atoms with Gasteiger partial charge in [-0.2, -0.15) is 0 Å². The van der Waals surface area contributed by atoms with E-state index < -0.39 is 4.92 Å². The molecule has 0 radical (unpaired) electrons. The Morgan fingerprint density at radius 1 is 1.17 bits per heavy atom. The summed E-state index contributed by atoms with van der Waals surface area (Å²) in [6, 6.07) is 14.1. The summed E-state index contributed by atoms with van der Waals surface area (Å²) < 4.78 is 0. The standard InChI is InChI=1S/C17H19N3O3/c1-13-5-2-3-6-14(13)9-10-18-17(21)12-19-15-7-4-8-16(11-15)20(22)23/h2-8,11,19H,9-10,12H2,1H3,(H,18,21). The molecule has 0 saturated heterocycles. The second kappa shape index (κ2) is 7.93. The van der Waals surface area contributed by atoms with Gasteiger partial charge in [0.15, 0.2) is 0 Å². The summed E-state index contributed by atoms with van der Waals surface area (Å²) in [5.41, 5.74) is 2.96. The smallest absolute Gasteiger partial charge is 0.271 e. The Bertz CT molecular complexity index is 701. The summed E-state index contributed by atoms with van der Waals surface area (Å²) in [6.45, 7) is 2.68. The van der Waals surface area contributed by atoms with Crippen molar-refractivity contribution in [3.05, 3.63) is 69.8 Å². The molecule has 0 saturated carbocycles. The van der Waals surface area contributed by atoms with Crippen molar-refractivity contribution in [1.29, 1.82) is 0 Å². The predicted molar refractivity (Wildman–Crippen MR) is 89.5 cm³/mol. The average Bonchev–Trinajstić information content (AvgIpc) is 2.55. The van der Waals surface area contributed by atoms with Crippen LogP contribution in [0.15, 0.2) is 48.5 Å². The van der Waals surface area contributed by atoms with E-state index in [0.717, 1.165) is 6.42 Å². The van der Waals surface area contributed by atoms with Crippen molar-refractivity contribution >= 4 is 17.3 Å². The van der Waals surface area contributed by atoms with Crippen molar-refractivity contribution in [1.82, 2.24) is 5.32 Å². The number of non-ortho nitro benzene ring substituents is 1. The molecule has 0 spiro atoms. The highest BCUT2D eigenvalue weighted by Gasteiger charge is 2.07. The molecule has 2 N–H and O–H groups in total. The Morgan fingerprint density at radius 2 is 1.96 bits per heavy atom. The number of amides is 1. The molecular formula is C17H19N3O3. The molecule has 0 unspecified atom stereocenters. The molecule has 2 aromatic carbocycles. The number of carbonyl (C=O) groups excluding carboxylic acids is 1. The average molecular weight is 313 g/mol. The van der Waals surface area contributed by atoms with E-state index in [9.17, 15) is 14.9 Å². The highest BCUT2D eigenvalue weighted by Crippen LogP contribution is 2.16. The van der Waals surface area contributed by atoms with Crippen LogP contribution >= 0.6 is 0 Å². The molecule has 0 aliphatic heterocycles. The van der Waals surface area contributed by atoms with Crippen molar-refractivity contribution < 1.29 is 9.72 Å². The molecule has 0 fully saturated rings. The maximum atomic E-state index is 11.8. The number of carbonyl (C=O) groups is 1. The SMILES string of the molecule is Cc1ccccc1CCNC(=O)CNc1cccc([N+](=O)[O-])c1. The van der Waals surface area contributed by atoms with E-state index in [4.69, 9.17) is 0 Å². The first-order valence-corrected chi connectivity index (χ1v) is 7.36. The molecule has 120 valence electrons. The van der Waals surface area contributed by atoms with Gasteiger partial charge in [-0.3, -0.25) is 14.9 Å². The van der Waals surface area contributed by atoms with Crippen molar-refractivity contribution in [2.45, 2.75) is 13.3 Å². The summed E-state index contributed by atoms with van der Waals surface area (Å²) in [5, 5.41) is 16.4. The van der Waals surface area contributed by atoms with Crippen LogP contribution in [0.2, 0.25) is 0 Å². The fraction of sp³-hybridized carbons (Fsp3) is 0.235. The summed E-state index contributed by atoms with van der Waals surface area (Å²) in [7, 11) is 0. The Hall–Kier alpha value is -2.89. The van der Waals surface area contributed by atoms with Crippen LogP contribution in [-0.4, -0.2) is 23.9 Å². The van der Waals surface area contributed by atoms with Crippen LogP contribution in [0.25, 0.3) is 0 Å². The van der Waals surface area contributed by atoms with Gasteiger partial charge in [-0.05, 0) is 30.5 Å². The van der Waals surface area contributed by atoms with Crippen molar-refractivity contribution in [3.63, 3.8) is 0 Å². The highest BCUT2D eigenvalue weighted by molar-refractivity contribution is 5.80. The summed E-state index contributed by atoms with van der Waals surface area (Å²) in [4.78, 5) is 22.0. The first-order chi connectivity index (χ1) is 11.1. The minimum absolute atomic E-state index is 0.00467. The fourth-order valence-electron chi connectivity index (χ4n) is 2.20. The second-order valence-corrected chi connectivity index (χ2v) is 5.19. The lowest BCUT2D eigenvalue weighted by atomic mass is 10.1. The second-order valence-electron chi connectivity index (χ2n) is 5.19. The third-order valence-electron chi connectivity index (χ3n) is 3.49. The molecule has 0 atom stereocenters. The highest BCUT2D eigenvalue weighted by atomic mass is 16.6. The van der Waals surface area contributed by atoms with E-state index >= 15 is 0 Å². The molecule has 23 heavy (non-hydrogen) atoms.